The van der Waals surface area contributed by atoms with Crippen LogP contribution in [0.1, 0.15) is 24.3 Å². The Labute approximate surface area is 111 Å². The Morgan fingerprint density at radius 3 is 2.47 bits per heavy atom. The molecular formula is C14H18F3NO. The molecule has 19 heavy (non-hydrogen) atoms. The summed E-state index contributed by atoms with van der Waals surface area (Å²) >= 11 is 0. The van der Waals surface area contributed by atoms with Crippen molar-refractivity contribution in [3.05, 3.63) is 35.9 Å². The number of rotatable bonds is 6. The van der Waals surface area contributed by atoms with E-state index in [0.29, 0.717) is 18.5 Å². The standard InChI is InChI=1S/C14H18F3NO/c15-14(16,17)10-19-7-6-18-13-8-12(9-13)11-4-2-1-3-5-11/h1-5,12-13,18H,6-10H2. The SMILES string of the molecule is FC(F)(F)COCCNC1CC(c2ccccc2)C1. The van der Waals surface area contributed by atoms with Crippen molar-refractivity contribution in [3.63, 3.8) is 0 Å². The van der Waals surface area contributed by atoms with Gasteiger partial charge >= 0.3 is 6.18 Å². The lowest BCUT2D eigenvalue weighted by atomic mass is 9.76. The molecular weight excluding hydrogens is 255 g/mol. The first-order valence-electron chi connectivity index (χ1n) is 6.47. The number of alkyl halides is 3. The summed E-state index contributed by atoms with van der Waals surface area (Å²) in [7, 11) is 0. The van der Waals surface area contributed by atoms with E-state index in [-0.39, 0.29) is 6.61 Å². The van der Waals surface area contributed by atoms with Crippen LogP contribution in [-0.2, 0) is 4.74 Å². The van der Waals surface area contributed by atoms with Crippen LogP contribution in [0.4, 0.5) is 13.2 Å². The highest BCUT2D eigenvalue weighted by Crippen LogP contribution is 2.36. The van der Waals surface area contributed by atoms with Gasteiger partial charge in [-0.3, -0.25) is 0 Å². The third-order valence-corrected chi connectivity index (χ3v) is 3.35. The molecule has 0 heterocycles. The highest BCUT2D eigenvalue weighted by atomic mass is 19.4. The molecule has 5 heteroatoms. The molecule has 1 aromatic rings. The van der Waals surface area contributed by atoms with Crippen molar-refractivity contribution >= 4 is 0 Å². The van der Waals surface area contributed by atoms with Gasteiger partial charge < -0.3 is 10.1 Å². The predicted octanol–water partition coefficient (Wildman–Crippen LogP) is 3.10. The van der Waals surface area contributed by atoms with Crippen LogP contribution in [0.3, 0.4) is 0 Å². The first kappa shape index (κ1) is 14.3. The molecule has 0 bridgehead atoms. The van der Waals surface area contributed by atoms with Crippen LogP contribution in [0, 0.1) is 0 Å². The second kappa shape index (κ2) is 6.39. The lowest BCUT2D eigenvalue weighted by molar-refractivity contribution is -0.173. The van der Waals surface area contributed by atoms with E-state index in [2.05, 4.69) is 22.2 Å². The monoisotopic (exact) mass is 273 g/mol. The summed E-state index contributed by atoms with van der Waals surface area (Å²) in [6, 6.07) is 10.7. The zero-order valence-corrected chi connectivity index (χ0v) is 10.6. The normalized spacial score (nSPS) is 23.1. The maximum Gasteiger partial charge on any atom is 0.411 e. The van der Waals surface area contributed by atoms with Crippen LogP contribution in [0.15, 0.2) is 30.3 Å². The Bertz CT molecular complexity index is 374. The average molecular weight is 273 g/mol. The highest BCUT2D eigenvalue weighted by Gasteiger charge is 2.30. The van der Waals surface area contributed by atoms with Crippen molar-refractivity contribution in [3.8, 4) is 0 Å². The molecule has 0 spiro atoms. The van der Waals surface area contributed by atoms with Crippen molar-refractivity contribution in [1.29, 1.82) is 0 Å². The largest absolute Gasteiger partial charge is 0.411 e. The van der Waals surface area contributed by atoms with E-state index in [0.717, 1.165) is 12.8 Å². The summed E-state index contributed by atoms with van der Waals surface area (Å²) < 4.78 is 40.0. The Morgan fingerprint density at radius 1 is 1.16 bits per heavy atom. The highest BCUT2D eigenvalue weighted by molar-refractivity contribution is 5.22. The summed E-state index contributed by atoms with van der Waals surface area (Å²) in [6.07, 6.45) is -2.14. The number of nitrogens with one attached hydrogen (secondary N) is 1. The molecule has 106 valence electrons. The average Bonchev–Trinajstić information content (AvgIpc) is 2.31. The van der Waals surface area contributed by atoms with E-state index < -0.39 is 12.8 Å². The van der Waals surface area contributed by atoms with Gasteiger partial charge in [0.25, 0.3) is 0 Å². The maximum atomic E-state index is 11.8. The molecule has 2 nitrogen and oxygen atoms in total. The van der Waals surface area contributed by atoms with Crippen LogP contribution >= 0.6 is 0 Å². The first-order chi connectivity index (χ1) is 9.04. The van der Waals surface area contributed by atoms with Gasteiger partial charge in [0.15, 0.2) is 0 Å². The number of ether oxygens (including phenoxy) is 1. The van der Waals surface area contributed by atoms with Gasteiger partial charge in [0, 0.05) is 12.6 Å². The molecule has 0 atom stereocenters. The van der Waals surface area contributed by atoms with Crippen LogP contribution in [0.25, 0.3) is 0 Å². The number of halogens is 3. The minimum absolute atomic E-state index is 0.103. The molecule has 1 aliphatic carbocycles. The molecule has 0 saturated heterocycles. The lowest BCUT2D eigenvalue weighted by Crippen LogP contribution is -2.41. The van der Waals surface area contributed by atoms with Crippen molar-refractivity contribution in [2.24, 2.45) is 0 Å². The van der Waals surface area contributed by atoms with Gasteiger partial charge in [0.1, 0.15) is 6.61 Å². The number of hydrogen-bond acceptors (Lipinski definition) is 2. The van der Waals surface area contributed by atoms with Crippen LogP contribution in [-0.4, -0.2) is 32.0 Å². The van der Waals surface area contributed by atoms with Crippen molar-refractivity contribution in [2.75, 3.05) is 19.8 Å². The Hall–Kier alpha value is -1.07. The lowest BCUT2D eigenvalue weighted by Gasteiger charge is -2.36. The third kappa shape index (κ3) is 4.84. The Kier molecular flexibility index (Phi) is 4.82. The van der Waals surface area contributed by atoms with Crippen LogP contribution in [0.5, 0.6) is 0 Å². The van der Waals surface area contributed by atoms with E-state index in [9.17, 15) is 13.2 Å². The van der Waals surface area contributed by atoms with Gasteiger partial charge in [-0.2, -0.15) is 13.2 Å². The third-order valence-electron chi connectivity index (χ3n) is 3.35. The van der Waals surface area contributed by atoms with Gasteiger partial charge in [0.05, 0.1) is 6.61 Å². The molecule has 0 aromatic heterocycles. The quantitative estimate of drug-likeness (QED) is 0.804. The molecule has 0 unspecified atom stereocenters. The molecule has 2 rings (SSSR count). The minimum atomic E-state index is -4.23. The fourth-order valence-corrected chi connectivity index (χ4v) is 2.31. The van der Waals surface area contributed by atoms with Crippen molar-refractivity contribution < 1.29 is 17.9 Å². The Morgan fingerprint density at radius 2 is 1.84 bits per heavy atom. The fourth-order valence-electron chi connectivity index (χ4n) is 2.31. The van der Waals surface area contributed by atoms with E-state index in [1.807, 2.05) is 18.2 Å². The zero-order chi connectivity index (χ0) is 13.7. The molecule has 1 aromatic carbocycles. The van der Waals surface area contributed by atoms with Gasteiger partial charge in [-0.25, -0.2) is 0 Å². The number of hydrogen-bond donors (Lipinski definition) is 1. The Balaban J connectivity index is 1.54. The summed E-state index contributed by atoms with van der Waals surface area (Å²) in [5, 5.41) is 3.21. The van der Waals surface area contributed by atoms with Gasteiger partial charge in [0.2, 0.25) is 0 Å². The molecule has 0 radical (unpaired) electrons. The molecule has 1 saturated carbocycles. The van der Waals surface area contributed by atoms with Crippen LogP contribution in [0.2, 0.25) is 0 Å². The van der Waals surface area contributed by atoms with E-state index in [1.165, 1.54) is 5.56 Å². The predicted molar refractivity (Wildman–Crippen MR) is 67.1 cm³/mol. The summed E-state index contributed by atoms with van der Waals surface area (Å²) in [4.78, 5) is 0. The molecule has 1 N–H and O–H groups in total. The molecule has 1 aliphatic rings. The molecule has 1 fully saturated rings. The second-order valence-corrected chi connectivity index (χ2v) is 4.90. The zero-order valence-electron chi connectivity index (χ0n) is 10.6. The summed E-state index contributed by atoms with van der Waals surface area (Å²) in [6.45, 7) is -0.583. The minimum Gasteiger partial charge on any atom is -0.371 e. The van der Waals surface area contributed by atoms with E-state index in [4.69, 9.17) is 0 Å². The maximum absolute atomic E-state index is 11.8. The van der Waals surface area contributed by atoms with E-state index in [1.54, 1.807) is 0 Å². The first-order valence-corrected chi connectivity index (χ1v) is 6.47. The van der Waals surface area contributed by atoms with Gasteiger partial charge in [-0.1, -0.05) is 30.3 Å². The molecule has 0 amide bonds. The second-order valence-electron chi connectivity index (χ2n) is 4.90. The fraction of sp³-hybridized carbons (Fsp3) is 0.571. The summed E-state index contributed by atoms with van der Waals surface area (Å²) in [5.41, 5.74) is 1.34. The van der Waals surface area contributed by atoms with Crippen molar-refractivity contribution in [2.45, 2.75) is 31.0 Å². The smallest absolute Gasteiger partial charge is 0.371 e. The molecule has 0 aliphatic heterocycles. The number of benzene rings is 1. The van der Waals surface area contributed by atoms with Gasteiger partial charge in [-0.05, 0) is 24.3 Å². The summed E-state index contributed by atoms with van der Waals surface area (Å²) in [5.74, 6) is 0.579. The van der Waals surface area contributed by atoms with Crippen molar-refractivity contribution in [1.82, 2.24) is 5.32 Å². The van der Waals surface area contributed by atoms with Crippen LogP contribution < -0.4 is 5.32 Å². The van der Waals surface area contributed by atoms with Gasteiger partial charge in [-0.15, -0.1) is 0 Å². The van der Waals surface area contributed by atoms with E-state index >= 15 is 0 Å². The topological polar surface area (TPSA) is 21.3 Å².